The molecule has 2 N–H and O–H groups in total. The fourth-order valence-corrected chi connectivity index (χ4v) is 1.17. The maximum atomic E-state index is 13.0. The second-order valence-electron chi connectivity index (χ2n) is 2.63. The first-order chi connectivity index (χ1) is 6.60. The van der Waals surface area contributed by atoms with Gasteiger partial charge in [-0.05, 0) is 6.07 Å². The molecule has 0 saturated carbocycles. The Morgan fingerprint density at radius 2 is 2.29 bits per heavy atom. The third-order valence-electron chi connectivity index (χ3n) is 1.74. The fraction of sp³-hybridized carbons (Fsp3) is 0.222. The van der Waals surface area contributed by atoms with Crippen molar-refractivity contribution in [3.05, 3.63) is 23.5 Å². The zero-order chi connectivity index (χ0) is 10.7. The van der Waals surface area contributed by atoms with Crippen molar-refractivity contribution < 1.29 is 13.9 Å². The van der Waals surface area contributed by atoms with Gasteiger partial charge in [0.15, 0.2) is 5.78 Å². The second kappa shape index (κ2) is 4.28. The molecule has 0 radical (unpaired) electrons. The molecule has 0 saturated heterocycles. The summed E-state index contributed by atoms with van der Waals surface area (Å²) in [5.74, 6) is -1.02. The van der Waals surface area contributed by atoms with Crippen LogP contribution in [-0.2, 0) is 0 Å². The van der Waals surface area contributed by atoms with Crippen molar-refractivity contribution in [3.8, 4) is 5.75 Å². The lowest BCUT2D eigenvalue weighted by atomic mass is 10.1. The Morgan fingerprint density at radius 1 is 1.64 bits per heavy atom. The Morgan fingerprint density at radius 3 is 2.79 bits per heavy atom. The summed E-state index contributed by atoms with van der Waals surface area (Å²) in [6.07, 6.45) is 0. The summed E-state index contributed by atoms with van der Waals surface area (Å²) in [5.41, 5.74) is 5.41. The number of ketones is 1. The fourth-order valence-electron chi connectivity index (χ4n) is 1.03. The Balaban J connectivity index is 3.27. The summed E-state index contributed by atoms with van der Waals surface area (Å²) >= 11 is 5.37. The van der Waals surface area contributed by atoms with Crippen LogP contribution in [0.1, 0.15) is 10.4 Å². The van der Waals surface area contributed by atoms with E-state index in [1.807, 2.05) is 0 Å². The Hall–Kier alpha value is -1.29. The van der Waals surface area contributed by atoms with Gasteiger partial charge in [-0.3, -0.25) is 4.79 Å². The molecule has 0 spiro atoms. The number of halogens is 2. The highest BCUT2D eigenvalue weighted by molar-refractivity contribution is 6.30. The average molecular weight is 218 g/mol. The van der Waals surface area contributed by atoms with Gasteiger partial charge >= 0.3 is 0 Å². The summed E-state index contributed by atoms with van der Waals surface area (Å²) < 4.78 is 17.8. The molecule has 5 heteroatoms. The van der Waals surface area contributed by atoms with Crippen molar-refractivity contribution in [2.45, 2.75) is 0 Å². The zero-order valence-corrected chi connectivity index (χ0v) is 8.27. The molecule has 0 bridgehead atoms. The molecular formula is C9H9ClFNO2. The van der Waals surface area contributed by atoms with Crippen molar-refractivity contribution in [2.75, 3.05) is 18.7 Å². The third-order valence-corrected chi connectivity index (χ3v) is 1.98. The summed E-state index contributed by atoms with van der Waals surface area (Å²) in [4.78, 5) is 11.3. The van der Waals surface area contributed by atoms with Crippen LogP contribution in [0.25, 0.3) is 0 Å². The van der Waals surface area contributed by atoms with Gasteiger partial charge in [-0.1, -0.05) is 0 Å². The highest BCUT2D eigenvalue weighted by Crippen LogP contribution is 2.24. The van der Waals surface area contributed by atoms with E-state index in [2.05, 4.69) is 0 Å². The van der Waals surface area contributed by atoms with Gasteiger partial charge < -0.3 is 10.5 Å². The Labute approximate surface area is 85.6 Å². The number of hydrogen-bond acceptors (Lipinski definition) is 3. The molecule has 14 heavy (non-hydrogen) atoms. The molecule has 0 aliphatic rings. The predicted octanol–water partition coefficient (Wildman–Crippen LogP) is 1.84. The lowest BCUT2D eigenvalue weighted by Gasteiger charge is -2.07. The number of nitrogens with two attached hydrogens (primary N) is 1. The van der Waals surface area contributed by atoms with Gasteiger partial charge in [0.05, 0.1) is 24.2 Å². The van der Waals surface area contributed by atoms with Gasteiger partial charge in [-0.2, -0.15) is 0 Å². The van der Waals surface area contributed by atoms with Gasteiger partial charge in [-0.15, -0.1) is 11.6 Å². The molecule has 0 unspecified atom stereocenters. The monoisotopic (exact) mass is 217 g/mol. The van der Waals surface area contributed by atoms with Crippen LogP contribution in [0.4, 0.5) is 10.1 Å². The van der Waals surface area contributed by atoms with E-state index in [-0.39, 0.29) is 28.7 Å². The number of methoxy groups -OCH3 is 1. The smallest absolute Gasteiger partial charge is 0.181 e. The van der Waals surface area contributed by atoms with Crippen LogP contribution in [-0.4, -0.2) is 18.8 Å². The summed E-state index contributed by atoms with van der Waals surface area (Å²) in [6.45, 7) is 0. The van der Waals surface area contributed by atoms with Crippen LogP contribution in [0.3, 0.4) is 0 Å². The van der Waals surface area contributed by atoms with E-state index in [1.165, 1.54) is 13.2 Å². The highest BCUT2D eigenvalue weighted by Gasteiger charge is 2.14. The minimum atomic E-state index is -0.618. The van der Waals surface area contributed by atoms with Crippen molar-refractivity contribution in [1.82, 2.24) is 0 Å². The largest absolute Gasteiger partial charge is 0.496 e. The molecule has 0 aliphatic heterocycles. The van der Waals surface area contributed by atoms with Crippen molar-refractivity contribution in [1.29, 1.82) is 0 Å². The molecule has 0 atom stereocenters. The van der Waals surface area contributed by atoms with Crippen molar-refractivity contribution >= 4 is 23.1 Å². The maximum Gasteiger partial charge on any atom is 0.181 e. The van der Waals surface area contributed by atoms with E-state index in [9.17, 15) is 9.18 Å². The second-order valence-corrected chi connectivity index (χ2v) is 2.90. The van der Waals surface area contributed by atoms with Crippen LogP contribution < -0.4 is 10.5 Å². The highest BCUT2D eigenvalue weighted by atomic mass is 35.5. The maximum absolute atomic E-state index is 13.0. The van der Waals surface area contributed by atoms with Gasteiger partial charge in [0.1, 0.15) is 11.6 Å². The molecule has 1 aromatic carbocycles. The Bertz CT molecular complexity index is 368. The summed E-state index contributed by atoms with van der Waals surface area (Å²) in [5, 5.41) is 0. The standard InChI is InChI=1S/C9H9ClFNO2/c1-14-9-3-6(11)7(12)2-5(9)8(13)4-10/h2-3H,4,12H2,1H3. The van der Waals surface area contributed by atoms with Crippen LogP contribution in [0, 0.1) is 5.82 Å². The first kappa shape index (κ1) is 10.8. The molecule has 0 amide bonds. The average Bonchev–Trinajstić information content (AvgIpc) is 2.20. The lowest BCUT2D eigenvalue weighted by Crippen LogP contribution is -2.05. The molecule has 3 nitrogen and oxygen atoms in total. The van der Waals surface area contributed by atoms with Crippen molar-refractivity contribution in [3.63, 3.8) is 0 Å². The Kier molecular flexibility index (Phi) is 3.30. The van der Waals surface area contributed by atoms with E-state index < -0.39 is 5.82 Å². The molecule has 0 fully saturated rings. The number of hydrogen-bond donors (Lipinski definition) is 1. The number of carbonyl (C=O) groups is 1. The number of carbonyl (C=O) groups excluding carboxylic acids is 1. The zero-order valence-electron chi connectivity index (χ0n) is 7.51. The van der Waals surface area contributed by atoms with E-state index in [1.54, 1.807) is 0 Å². The normalized spacial score (nSPS) is 9.93. The number of ether oxygens (including phenoxy) is 1. The molecule has 1 rings (SSSR count). The van der Waals surface area contributed by atoms with E-state index in [4.69, 9.17) is 22.1 Å². The number of Topliss-reactive ketones (excluding diaryl/α,β-unsaturated/α-hetero) is 1. The van der Waals surface area contributed by atoms with Gasteiger partial charge in [0.25, 0.3) is 0 Å². The van der Waals surface area contributed by atoms with Crippen LogP contribution in [0.5, 0.6) is 5.75 Å². The lowest BCUT2D eigenvalue weighted by molar-refractivity contribution is 0.101. The van der Waals surface area contributed by atoms with E-state index >= 15 is 0 Å². The first-order valence-electron chi connectivity index (χ1n) is 3.82. The summed E-state index contributed by atoms with van der Waals surface area (Å²) in [7, 11) is 1.34. The molecule has 1 aromatic rings. The van der Waals surface area contributed by atoms with Crippen molar-refractivity contribution in [2.24, 2.45) is 0 Å². The number of alkyl halides is 1. The predicted molar refractivity (Wildman–Crippen MR) is 52.4 cm³/mol. The number of nitrogen functional groups attached to an aromatic ring is 1. The van der Waals surface area contributed by atoms with Crippen LogP contribution >= 0.6 is 11.6 Å². The minimum absolute atomic E-state index is 0.0979. The van der Waals surface area contributed by atoms with E-state index in [0.717, 1.165) is 6.07 Å². The van der Waals surface area contributed by atoms with Crippen LogP contribution in [0.2, 0.25) is 0 Å². The minimum Gasteiger partial charge on any atom is -0.496 e. The molecule has 0 heterocycles. The SMILES string of the molecule is COc1cc(F)c(N)cc1C(=O)CCl. The van der Waals surface area contributed by atoms with Gasteiger partial charge in [0.2, 0.25) is 0 Å². The van der Waals surface area contributed by atoms with Crippen LogP contribution in [0.15, 0.2) is 12.1 Å². The first-order valence-corrected chi connectivity index (χ1v) is 4.35. The molecular weight excluding hydrogens is 209 g/mol. The third kappa shape index (κ3) is 1.96. The molecule has 76 valence electrons. The molecule has 0 aliphatic carbocycles. The number of rotatable bonds is 3. The van der Waals surface area contributed by atoms with Gasteiger partial charge in [-0.25, -0.2) is 4.39 Å². The van der Waals surface area contributed by atoms with E-state index in [0.29, 0.717) is 0 Å². The number of benzene rings is 1. The quantitative estimate of drug-likeness (QED) is 0.478. The topological polar surface area (TPSA) is 52.3 Å². The summed E-state index contributed by atoms with van der Waals surface area (Å²) in [6, 6.07) is 2.29. The van der Waals surface area contributed by atoms with Gasteiger partial charge in [0, 0.05) is 6.07 Å². The molecule has 0 aromatic heterocycles. The number of anilines is 1.